The van der Waals surface area contributed by atoms with Crippen LogP contribution in [0.15, 0.2) is 0 Å². The average molecular weight is 245 g/mol. The van der Waals surface area contributed by atoms with Gasteiger partial charge in [0.25, 0.3) is 0 Å². The lowest BCUT2D eigenvalue weighted by Gasteiger charge is -2.15. The SMILES string of the molecule is CC(NCCS(=O)(=O)C1CCCC1)C1CC1. The van der Waals surface area contributed by atoms with E-state index in [-0.39, 0.29) is 5.25 Å². The lowest BCUT2D eigenvalue weighted by molar-refractivity contribution is 0.507. The summed E-state index contributed by atoms with van der Waals surface area (Å²) in [5, 5.41) is 3.31. The van der Waals surface area contributed by atoms with Crippen LogP contribution in [0, 0.1) is 5.92 Å². The molecule has 0 aromatic carbocycles. The Kier molecular flexibility index (Phi) is 3.90. The van der Waals surface area contributed by atoms with Crippen LogP contribution < -0.4 is 5.32 Å². The number of hydrogen-bond acceptors (Lipinski definition) is 3. The fraction of sp³-hybridized carbons (Fsp3) is 1.00. The van der Waals surface area contributed by atoms with E-state index >= 15 is 0 Å². The van der Waals surface area contributed by atoms with Crippen LogP contribution in [-0.2, 0) is 9.84 Å². The van der Waals surface area contributed by atoms with Crippen molar-refractivity contribution >= 4 is 9.84 Å². The Morgan fingerprint density at radius 2 is 1.81 bits per heavy atom. The molecular weight excluding hydrogens is 222 g/mol. The van der Waals surface area contributed by atoms with Crippen molar-refractivity contribution in [3.63, 3.8) is 0 Å². The molecule has 0 amide bonds. The van der Waals surface area contributed by atoms with E-state index in [1.807, 2.05) is 0 Å². The summed E-state index contributed by atoms with van der Waals surface area (Å²) in [7, 11) is -2.82. The predicted molar refractivity (Wildman–Crippen MR) is 66.2 cm³/mol. The van der Waals surface area contributed by atoms with Crippen molar-refractivity contribution in [2.75, 3.05) is 12.3 Å². The van der Waals surface area contributed by atoms with Gasteiger partial charge in [-0.1, -0.05) is 12.8 Å². The standard InChI is InChI=1S/C12H23NO2S/c1-10(11-6-7-11)13-8-9-16(14,15)12-4-2-3-5-12/h10-13H,2-9H2,1H3. The summed E-state index contributed by atoms with van der Waals surface area (Å²) in [6.45, 7) is 2.80. The van der Waals surface area contributed by atoms with Crippen molar-refractivity contribution < 1.29 is 8.42 Å². The molecule has 1 unspecified atom stereocenters. The molecule has 0 spiro atoms. The lowest BCUT2D eigenvalue weighted by Crippen LogP contribution is -2.34. The first-order valence-corrected chi connectivity index (χ1v) is 8.26. The molecule has 1 N–H and O–H groups in total. The van der Waals surface area contributed by atoms with Gasteiger partial charge in [0, 0.05) is 12.6 Å². The van der Waals surface area contributed by atoms with E-state index < -0.39 is 9.84 Å². The van der Waals surface area contributed by atoms with Gasteiger partial charge in [-0.15, -0.1) is 0 Å². The summed E-state index contributed by atoms with van der Waals surface area (Å²) < 4.78 is 23.9. The van der Waals surface area contributed by atoms with E-state index in [2.05, 4.69) is 12.2 Å². The fourth-order valence-corrected chi connectivity index (χ4v) is 4.39. The largest absolute Gasteiger partial charge is 0.313 e. The van der Waals surface area contributed by atoms with Gasteiger partial charge in [-0.05, 0) is 38.5 Å². The van der Waals surface area contributed by atoms with Crippen LogP contribution in [0.3, 0.4) is 0 Å². The third-order valence-electron chi connectivity index (χ3n) is 3.99. The highest BCUT2D eigenvalue weighted by molar-refractivity contribution is 7.92. The summed E-state index contributed by atoms with van der Waals surface area (Å²) in [5.41, 5.74) is 0. The second kappa shape index (κ2) is 5.05. The molecule has 0 heterocycles. The number of sulfone groups is 1. The maximum Gasteiger partial charge on any atom is 0.154 e. The van der Waals surface area contributed by atoms with Crippen molar-refractivity contribution in [3.8, 4) is 0 Å². The molecule has 0 aromatic rings. The van der Waals surface area contributed by atoms with Crippen LogP contribution in [0.5, 0.6) is 0 Å². The molecule has 0 aromatic heterocycles. The number of hydrogen-bond donors (Lipinski definition) is 1. The molecular formula is C12H23NO2S. The van der Waals surface area contributed by atoms with Crippen LogP contribution in [0.25, 0.3) is 0 Å². The first-order valence-electron chi connectivity index (χ1n) is 6.54. The Hall–Kier alpha value is -0.0900. The van der Waals surface area contributed by atoms with E-state index in [1.54, 1.807) is 0 Å². The number of nitrogens with one attached hydrogen (secondary N) is 1. The third-order valence-corrected chi connectivity index (χ3v) is 6.25. The van der Waals surface area contributed by atoms with Crippen molar-refractivity contribution in [1.82, 2.24) is 5.32 Å². The highest BCUT2D eigenvalue weighted by Gasteiger charge is 2.30. The normalized spacial score (nSPS) is 24.8. The van der Waals surface area contributed by atoms with Crippen molar-refractivity contribution in [3.05, 3.63) is 0 Å². The minimum absolute atomic E-state index is 0.0365. The van der Waals surface area contributed by atoms with E-state index in [9.17, 15) is 8.42 Å². The molecule has 0 aliphatic heterocycles. The second-order valence-electron chi connectivity index (χ2n) is 5.35. The molecule has 2 aliphatic rings. The van der Waals surface area contributed by atoms with Crippen LogP contribution in [0.1, 0.15) is 45.4 Å². The topological polar surface area (TPSA) is 46.2 Å². The summed E-state index contributed by atoms with van der Waals surface area (Å²) >= 11 is 0. The molecule has 0 radical (unpaired) electrons. The van der Waals surface area contributed by atoms with Crippen molar-refractivity contribution in [1.29, 1.82) is 0 Å². The Bertz CT molecular complexity index is 316. The Morgan fingerprint density at radius 3 is 2.38 bits per heavy atom. The minimum Gasteiger partial charge on any atom is -0.313 e. The molecule has 1 atom stereocenters. The molecule has 2 saturated carbocycles. The molecule has 94 valence electrons. The average Bonchev–Trinajstić information content (AvgIpc) is 2.92. The molecule has 3 nitrogen and oxygen atoms in total. The Labute approximate surface area is 98.9 Å². The highest BCUT2D eigenvalue weighted by atomic mass is 32.2. The molecule has 2 aliphatic carbocycles. The van der Waals surface area contributed by atoms with Crippen LogP contribution in [0.2, 0.25) is 0 Å². The molecule has 0 bridgehead atoms. The van der Waals surface area contributed by atoms with E-state index in [0.29, 0.717) is 18.3 Å². The molecule has 0 saturated heterocycles. The predicted octanol–water partition coefficient (Wildman–Crippen LogP) is 1.73. The quantitative estimate of drug-likeness (QED) is 0.775. The van der Waals surface area contributed by atoms with Gasteiger partial charge in [-0.25, -0.2) is 8.42 Å². The van der Waals surface area contributed by atoms with Crippen LogP contribution in [0.4, 0.5) is 0 Å². The molecule has 4 heteroatoms. The van der Waals surface area contributed by atoms with Gasteiger partial charge < -0.3 is 5.32 Å². The lowest BCUT2D eigenvalue weighted by atomic mass is 10.2. The third kappa shape index (κ3) is 3.20. The smallest absolute Gasteiger partial charge is 0.154 e. The minimum atomic E-state index is -2.82. The summed E-state index contributed by atoms with van der Waals surface area (Å²) in [6.07, 6.45) is 6.58. The van der Waals surface area contributed by atoms with Crippen molar-refractivity contribution in [2.24, 2.45) is 5.92 Å². The molecule has 16 heavy (non-hydrogen) atoms. The van der Waals surface area contributed by atoms with Gasteiger partial charge in [0.1, 0.15) is 0 Å². The summed E-state index contributed by atoms with van der Waals surface area (Å²) in [4.78, 5) is 0. The summed E-state index contributed by atoms with van der Waals surface area (Å²) in [5.74, 6) is 1.13. The zero-order chi connectivity index (χ0) is 11.6. The van der Waals surface area contributed by atoms with Crippen LogP contribution in [-0.4, -0.2) is 32.0 Å². The Morgan fingerprint density at radius 1 is 1.19 bits per heavy atom. The zero-order valence-electron chi connectivity index (χ0n) is 10.1. The first kappa shape index (κ1) is 12.4. The van der Waals surface area contributed by atoms with E-state index in [4.69, 9.17) is 0 Å². The van der Waals surface area contributed by atoms with Gasteiger partial charge in [0.15, 0.2) is 9.84 Å². The van der Waals surface area contributed by atoms with Crippen LogP contribution >= 0.6 is 0 Å². The van der Waals surface area contributed by atoms with Gasteiger partial charge in [-0.2, -0.15) is 0 Å². The van der Waals surface area contributed by atoms with Crippen molar-refractivity contribution in [2.45, 2.75) is 56.7 Å². The zero-order valence-corrected chi connectivity index (χ0v) is 10.9. The monoisotopic (exact) mass is 245 g/mol. The van der Waals surface area contributed by atoms with E-state index in [0.717, 1.165) is 31.6 Å². The van der Waals surface area contributed by atoms with Gasteiger partial charge in [-0.3, -0.25) is 0 Å². The maximum absolute atomic E-state index is 12.0. The molecule has 2 rings (SSSR count). The summed E-state index contributed by atoms with van der Waals surface area (Å²) in [6, 6.07) is 0.499. The molecule has 2 fully saturated rings. The fourth-order valence-electron chi connectivity index (χ4n) is 2.61. The Balaban J connectivity index is 1.71. The highest BCUT2D eigenvalue weighted by Crippen LogP contribution is 2.32. The second-order valence-corrected chi connectivity index (χ2v) is 7.75. The number of rotatable bonds is 6. The first-order chi connectivity index (χ1) is 7.59. The van der Waals surface area contributed by atoms with E-state index in [1.165, 1.54) is 12.8 Å². The van der Waals surface area contributed by atoms with Gasteiger partial charge in [0.05, 0.1) is 11.0 Å². The van der Waals surface area contributed by atoms with Gasteiger partial charge >= 0.3 is 0 Å². The maximum atomic E-state index is 12.0. The van der Waals surface area contributed by atoms with Gasteiger partial charge in [0.2, 0.25) is 0 Å².